The van der Waals surface area contributed by atoms with Gasteiger partial charge in [-0.15, -0.1) is 5.10 Å². The van der Waals surface area contributed by atoms with E-state index in [0.717, 1.165) is 4.57 Å². The largest absolute Gasteiger partial charge is 0.497 e. The molecule has 9 nitrogen and oxygen atoms in total. The van der Waals surface area contributed by atoms with Gasteiger partial charge < -0.3 is 10.1 Å². The monoisotopic (exact) mass is 394 g/mol. The van der Waals surface area contributed by atoms with Crippen molar-refractivity contribution in [1.29, 1.82) is 0 Å². The van der Waals surface area contributed by atoms with Crippen LogP contribution in [0.2, 0.25) is 0 Å². The minimum Gasteiger partial charge on any atom is -0.497 e. The number of hydrogen-bond acceptors (Lipinski definition) is 6. The van der Waals surface area contributed by atoms with Crippen LogP contribution in [0.4, 0.5) is 10.1 Å². The Morgan fingerprint density at radius 2 is 2.03 bits per heavy atom. The Morgan fingerprint density at radius 1 is 1.21 bits per heavy atom. The van der Waals surface area contributed by atoms with E-state index in [4.69, 9.17) is 4.74 Å². The van der Waals surface area contributed by atoms with Crippen LogP contribution in [0.1, 0.15) is 0 Å². The molecule has 4 aromatic rings. The SMILES string of the molecule is COc1cccc(NC(=O)Cn2cnc3c(nnn3-c3cccc(F)c3)c2=O)c1. The molecular weight excluding hydrogens is 379 g/mol. The third kappa shape index (κ3) is 3.68. The van der Waals surface area contributed by atoms with Crippen LogP contribution in [0.5, 0.6) is 5.75 Å². The summed E-state index contributed by atoms with van der Waals surface area (Å²) in [6.07, 6.45) is 1.23. The summed E-state index contributed by atoms with van der Waals surface area (Å²) in [5, 5.41) is 10.4. The highest BCUT2D eigenvalue weighted by molar-refractivity contribution is 5.90. The lowest BCUT2D eigenvalue weighted by Crippen LogP contribution is -2.28. The van der Waals surface area contributed by atoms with E-state index in [1.165, 1.54) is 36.3 Å². The number of anilines is 1. The first-order valence-electron chi connectivity index (χ1n) is 8.56. The minimum absolute atomic E-state index is 0.0223. The van der Waals surface area contributed by atoms with Gasteiger partial charge in [0.05, 0.1) is 12.8 Å². The number of nitrogens with one attached hydrogen (secondary N) is 1. The quantitative estimate of drug-likeness (QED) is 0.553. The molecule has 1 N–H and O–H groups in total. The molecule has 0 atom stereocenters. The first kappa shape index (κ1) is 18.3. The molecule has 0 aliphatic carbocycles. The van der Waals surface area contributed by atoms with Crippen molar-refractivity contribution in [3.8, 4) is 11.4 Å². The van der Waals surface area contributed by atoms with Gasteiger partial charge in [-0.05, 0) is 30.3 Å². The number of amides is 1. The van der Waals surface area contributed by atoms with Gasteiger partial charge in [0, 0.05) is 11.8 Å². The molecule has 0 spiro atoms. The van der Waals surface area contributed by atoms with E-state index in [2.05, 4.69) is 20.6 Å². The summed E-state index contributed by atoms with van der Waals surface area (Å²) < 4.78 is 21.0. The van der Waals surface area contributed by atoms with E-state index in [-0.39, 0.29) is 17.7 Å². The van der Waals surface area contributed by atoms with Gasteiger partial charge in [-0.25, -0.2) is 9.37 Å². The Morgan fingerprint density at radius 3 is 2.83 bits per heavy atom. The lowest BCUT2D eigenvalue weighted by atomic mass is 10.3. The zero-order valence-electron chi connectivity index (χ0n) is 15.2. The molecule has 2 heterocycles. The molecule has 29 heavy (non-hydrogen) atoms. The smallest absolute Gasteiger partial charge is 0.284 e. The second-order valence-electron chi connectivity index (χ2n) is 6.11. The molecule has 4 rings (SSSR count). The van der Waals surface area contributed by atoms with Crippen molar-refractivity contribution in [2.24, 2.45) is 0 Å². The predicted molar refractivity (Wildman–Crippen MR) is 103 cm³/mol. The Bertz CT molecular complexity index is 1270. The third-order valence-electron chi connectivity index (χ3n) is 4.15. The molecule has 0 aliphatic rings. The zero-order valence-corrected chi connectivity index (χ0v) is 15.2. The number of hydrogen-bond donors (Lipinski definition) is 1. The average Bonchev–Trinajstić information content (AvgIpc) is 3.15. The lowest BCUT2D eigenvalue weighted by Gasteiger charge is -2.08. The van der Waals surface area contributed by atoms with Crippen molar-refractivity contribution < 1.29 is 13.9 Å². The average molecular weight is 394 g/mol. The fraction of sp³-hybridized carbons (Fsp3) is 0.105. The predicted octanol–water partition coefficient (Wildman–Crippen LogP) is 1.76. The number of fused-ring (bicyclic) bond motifs is 1. The summed E-state index contributed by atoms with van der Waals surface area (Å²) in [4.78, 5) is 29.1. The molecule has 10 heteroatoms. The van der Waals surface area contributed by atoms with Crippen LogP contribution in [-0.2, 0) is 11.3 Å². The molecular formula is C19H15FN6O3. The fourth-order valence-electron chi connectivity index (χ4n) is 2.79. The molecule has 0 unspecified atom stereocenters. The molecule has 0 saturated carbocycles. The Labute approximate surface area is 163 Å². The number of aromatic nitrogens is 5. The number of halogens is 1. The van der Waals surface area contributed by atoms with E-state index >= 15 is 0 Å². The van der Waals surface area contributed by atoms with Crippen LogP contribution in [0.3, 0.4) is 0 Å². The fourth-order valence-corrected chi connectivity index (χ4v) is 2.79. The number of rotatable bonds is 5. The van der Waals surface area contributed by atoms with Crippen molar-refractivity contribution in [3.05, 3.63) is 71.0 Å². The van der Waals surface area contributed by atoms with Crippen LogP contribution in [0.25, 0.3) is 16.9 Å². The van der Waals surface area contributed by atoms with E-state index in [0.29, 0.717) is 17.1 Å². The van der Waals surface area contributed by atoms with Crippen molar-refractivity contribution >= 4 is 22.8 Å². The number of nitrogens with zero attached hydrogens (tertiary/aromatic N) is 5. The Kier molecular flexibility index (Phi) is 4.73. The second kappa shape index (κ2) is 7.50. The van der Waals surface area contributed by atoms with Gasteiger partial charge in [-0.1, -0.05) is 17.3 Å². The topological polar surface area (TPSA) is 104 Å². The highest BCUT2D eigenvalue weighted by Gasteiger charge is 2.15. The highest BCUT2D eigenvalue weighted by atomic mass is 19.1. The molecule has 0 saturated heterocycles. The minimum atomic E-state index is -0.529. The Hall–Kier alpha value is -4.08. The molecule has 146 valence electrons. The normalized spacial score (nSPS) is 10.8. The van der Waals surface area contributed by atoms with Crippen LogP contribution in [0, 0.1) is 5.82 Å². The molecule has 0 bridgehead atoms. The number of carbonyl (C=O) groups excluding carboxylic acids is 1. The number of ether oxygens (including phenoxy) is 1. The first-order chi connectivity index (χ1) is 14.0. The summed E-state index contributed by atoms with van der Waals surface area (Å²) in [6, 6.07) is 12.5. The number of carbonyl (C=O) groups is 1. The van der Waals surface area contributed by atoms with Crippen molar-refractivity contribution in [2.45, 2.75) is 6.54 Å². The van der Waals surface area contributed by atoms with Crippen LogP contribution >= 0.6 is 0 Å². The van der Waals surface area contributed by atoms with Crippen molar-refractivity contribution in [1.82, 2.24) is 24.5 Å². The van der Waals surface area contributed by atoms with Gasteiger partial charge in [-0.2, -0.15) is 4.68 Å². The molecule has 0 radical (unpaired) electrons. The first-order valence-corrected chi connectivity index (χ1v) is 8.56. The maximum absolute atomic E-state index is 13.5. The summed E-state index contributed by atoms with van der Waals surface area (Å²) in [7, 11) is 1.53. The summed E-state index contributed by atoms with van der Waals surface area (Å²) in [6.45, 7) is -0.258. The summed E-state index contributed by atoms with van der Waals surface area (Å²) >= 11 is 0. The van der Waals surface area contributed by atoms with E-state index in [1.54, 1.807) is 30.3 Å². The van der Waals surface area contributed by atoms with Crippen molar-refractivity contribution in [2.75, 3.05) is 12.4 Å². The molecule has 2 aromatic carbocycles. The highest BCUT2D eigenvalue weighted by Crippen LogP contribution is 2.17. The number of benzene rings is 2. The van der Waals surface area contributed by atoms with E-state index in [1.807, 2.05) is 0 Å². The van der Waals surface area contributed by atoms with E-state index in [9.17, 15) is 14.0 Å². The van der Waals surface area contributed by atoms with Crippen LogP contribution in [-0.4, -0.2) is 37.6 Å². The standard InChI is InChI=1S/C19H15FN6O3/c1-29-15-7-3-5-13(9-15)22-16(27)10-25-11-21-18-17(19(25)28)23-24-26(18)14-6-2-4-12(20)8-14/h2-9,11H,10H2,1H3,(H,22,27). The maximum Gasteiger partial charge on any atom is 0.284 e. The van der Waals surface area contributed by atoms with Crippen molar-refractivity contribution in [3.63, 3.8) is 0 Å². The van der Waals surface area contributed by atoms with Crippen LogP contribution in [0.15, 0.2) is 59.7 Å². The van der Waals surface area contributed by atoms with Gasteiger partial charge in [0.2, 0.25) is 5.91 Å². The van der Waals surface area contributed by atoms with E-state index < -0.39 is 17.3 Å². The zero-order chi connectivity index (χ0) is 20.4. The van der Waals surface area contributed by atoms with Gasteiger partial charge in [0.1, 0.15) is 24.4 Å². The maximum atomic E-state index is 13.5. The van der Waals surface area contributed by atoms with Gasteiger partial charge in [0.15, 0.2) is 11.2 Å². The van der Waals surface area contributed by atoms with Gasteiger partial charge in [0.25, 0.3) is 5.56 Å². The molecule has 1 amide bonds. The number of methoxy groups -OCH3 is 1. The van der Waals surface area contributed by atoms with Crippen LogP contribution < -0.4 is 15.6 Å². The molecule has 0 fully saturated rings. The molecule has 2 aromatic heterocycles. The lowest BCUT2D eigenvalue weighted by molar-refractivity contribution is -0.116. The third-order valence-corrected chi connectivity index (χ3v) is 4.15. The van der Waals surface area contributed by atoms with Gasteiger partial charge in [-0.3, -0.25) is 14.2 Å². The van der Waals surface area contributed by atoms with Gasteiger partial charge >= 0.3 is 0 Å². The summed E-state index contributed by atoms with van der Waals surface area (Å²) in [5.74, 6) is -0.273. The molecule has 0 aliphatic heterocycles. The second-order valence-corrected chi connectivity index (χ2v) is 6.11. The summed E-state index contributed by atoms with van der Waals surface area (Å²) in [5.41, 5.74) is 0.538. The Balaban J connectivity index is 1.59.